The van der Waals surface area contributed by atoms with Gasteiger partial charge in [0.2, 0.25) is 5.91 Å². The maximum absolute atomic E-state index is 11.9. The van der Waals surface area contributed by atoms with Crippen LogP contribution in [0.4, 0.5) is 0 Å². The number of aromatic nitrogens is 1. The molecule has 17 heavy (non-hydrogen) atoms. The van der Waals surface area contributed by atoms with E-state index >= 15 is 0 Å². The van der Waals surface area contributed by atoms with Crippen molar-refractivity contribution in [1.82, 2.24) is 10.3 Å². The first kappa shape index (κ1) is 13.6. The highest BCUT2D eigenvalue weighted by Crippen LogP contribution is 2.11. The number of nitrogens with one attached hydrogen (secondary N) is 1. The Labute approximate surface area is 103 Å². The summed E-state index contributed by atoms with van der Waals surface area (Å²) in [6.07, 6.45) is 4.36. The third kappa shape index (κ3) is 3.82. The van der Waals surface area contributed by atoms with Crippen LogP contribution in [0.15, 0.2) is 24.5 Å². The molecule has 0 fully saturated rings. The van der Waals surface area contributed by atoms with Crippen LogP contribution < -0.4 is 11.1 Å². The second-order valence-electron chi connectivity index (χ2n) is 4.43. The number of pyridine rings is 1. The average Bonchev–Trinajstić information content (AvgIpc) is 2.37. The van der Waals surface area contributed by atoms with Crippen LogP contribution in [0.1, 0.15) is 38.8 Å². The lowest BCUT2D eigenvalue weighted by atomic mass is 9.99. The first-order chi connectivity index (χ1) is 8.06. The van der Waals surface area contributed by atoms with Crippen molar-refractivity contribution in [2.45, 2.75) is 39.3 Å². The SMILES string of the molecule is CC[C@H](C)[C@H](N)C(=O)NC(C)c1cccnc1. The normalized spacial score (nSPS) is 16.0. The van der Waals surface area contributed by atoms with Crippen LogP contribution in [0, 0.1) is 5.92 Å². The van der Waals surface area contributed by atoms with Crippen molar-refractivity contribution < 1.29 is 4.79 Å². The number of hydrogen-bond donors (Lipinski definition) is 2. The zero-order valence-corrected chi connectivity index (χ0v) is 10.7. The fraction of sp³-hybridized carbons (Fsp3) is 0.538. The van der Waals surface area contributed by atoms with Gasteiger partial charge in [0, 0.05) is 12.4 Å². The van der Waals surface area contributed by atoms with Crippen molar-refractivity contribution in [2.75, 3.05) is 0 Å². The topological polar surface area (TPSA) is 68.0 Å². The highest BCUT2D eigenvalue weighted by atomic mass is 16.2. The molecule has 0 aromatic carbocycles. The maximum atomic E-state index is 11.9. The number of nitrogens with two attached hydrogens (primary N) is 1. The van der Waals surface area contributed by atoms with Gasteiger partial charge in [0.25, 0.3) is 0 Å². The van der Waals surface area contributed by atoms with Gasteiger partial charge in [-0.15, -0.1) is 0 Å². The molecule has 4 nitrogen and oxygen atoms in total. The molecule has 4 heteroatoms. The molecular formula is C13H21N3O. The van der Waals surface area contributed by atoms with Crippen molar-refractivity contribution in [2.24, 2.45) is 11.7 Å². The van der Waals surface area contributed by atoms with Crippen LogP contribution >= 0.6 is 0 Å². The van der Waals surface area contributed by atoms with E-state index in [9.17, 15) is 4.79 Å². The summed E-state index contributed by atoms with van der Waals surface area (Å²) in [6.45, 7) is 5.94. The molecule has 0 saturated carbocycles. The minimum absolute atomic E-state index is 0.0636. The molecule has 1 rings (SSSR count). The zero-order chi connectivity index (χ0) is 12.8. The lowest BCUT2D eigenvalue weighted by Crippen LogP contribution is -2.45. The number of hydrogen-bond acceptors (Lipinski definition) is 3. The predicted octanol–water partition coefficient (Wildman–Crippen LogP) is 1.63. The summed E-state index contributed by atoms with van der Waals surface area (Å²) < 4.78 is 0. The Morgan fingerprint density at radius 1 is 1.53 bits per heavy atom. The van der Waals surface area contributed by atoms with Gasteiger partial charge in [-0.1, -0.05) is 26.3 Å². The molecule has 1 aromatic heterocycles. The lowest BCUT2D eigenvalue weighted by molar-refractivity contribution is -0.124. The van der Waals surface area contributed by atoms with Gasteiger partial charge in [-0.25, -0.2) is 0 Å². The first-order valence-corrected chi connectivity index (χ1v) is 6.02. The quantitative estimate of drug-likeness (QED) is 0.815. The van der Waals surface area contributed by atoms with Gasteiger partial charge in [0.1, 0.15) is 0 Å². The van der Waals surface area contributed by atoms with E-state index in [1.807, 2.05) is 32.9 Å². The van der Waals surface area contributed by atoms with Crippen molar-refractivity contribution >= 4 is 5.91 Å². The van der Waals surface area contributed by atoms with Crippen molar-refractivity contribution in [3.63, 3.8) is 0 Å². The minimum atomic E-state index is -0.445. The molecule has 1 heterocycles. The molecule has 1 unspecified atom stereocenters. The predicted molar refractivity (Wildman–Crippen MR) is 68.2 cm³/mol. The molecule has 0 radical (unpaired) electrons. The Morgan fingerprint density at radius 3 is 2.76 bits per heavy atom. The number of amides is 1. The fourth-order valence-electron chi connectivity index (χ4n) is 1.54. The lowest BCUT2D eigenvalue weighted by Gasteiger charge is -2.21. The van der Waals surface area contributed by atoms with Gasteiger partial charge in [-0.3, -0.25) is 9.78 Å². The summed E-state index contributed by atoms with van der Waals surface area (Å²) in [4.78, 5) is 15.9. The van der Waals surface area contributed by atoms with Gasteiger partial charge in [0.05, 0.1) is 12.1 Å². The molecule has 3 N–H and O–H groups in total. The van der Waals surface area contributed by atoms with E-state index in [2.05, 4.69) is 10.3 Å². The van der Waals surface area contributed by atoms with Crippen LogP contribution in [0.5, 0.6) is 0 Å². The second kappa shape index (κ2) is 6.35. The molecule has 94 valence electrons. The van der Waals surface area contributed by atoms with Crippen molar-refractivity contribution in [3.8, 4) is 0 Å². The maximum Gasteiger partial charge on any atom is 0.237 e. The molecular weight excluding hydrogens is 214 g/mol. The van der Waals surface area contributed by atoms with E-state index in [-0.39, 0.29) is 17.9 Å². The van der Waals surface area contributed by atoms with E-state index in [0.29, 0.717) is 0 Å². The first-order valence-electron chi connectivity index (χ1n) is 6.02. The Bertz CT molecular complexity index is 353. The Kier molecular flexibility index (Phi) is 5.10. The minimum Gasteiger partial charge on any atom is -0.348 e. The van der Waals surface area contributed by atoms with Crippen LogP contribution in [0.2, 0.25) is 0 Å². The molecule has 0 aliphatic carbocycles. The third-order valence-corrected chi connectivity index (χ3v) is 3.10. The molecule has 0 saturated heterocycles. The van der Waals surface area contributed by atoms with Crippen LogP contribution in [0.3, 0.4) is 0 Å². The van der Waals surface area contributed by atoms with Gasteiger partial charge in [-0.2, -0.15) is 0 Å². The molecule has 3 atom stereocenters. The molecule has 1 amide bonds. The van der Waals surface area contributed by atoms with Gasteiger partial charge < -0.3 is 11.1 Å². The zero-order valence-electron chi connectivity index (χ0n) is 10.7. The molecule has 0 spiro atoms. The Hall–Kier alpha value is -1.42. The number of carbonyl (C=O) groups excluding carboxylic acids is 1. The summed E-state index contributed by atoms with van der Waals surface area (Å²) in [5.74, 6) is 0.0896. The van der Waals surface area contributed by atoms with Crippen molar-refractivity contribution in [1.29, 1.82) is 0 Å². The summed E-state index contributed by atoms with van der Waals surface area (Å²) in [6, 6.07) is 3.28. The van der Waals surface area contributed by atoms with E-state index in [1.165, 1.54) is 0 Å². The number of carbonyl (C=O) groups is 1. The van der Waals surface area contributed by atoms with E-state index < -0.39 is 6.04 Å². The molecule has 0 aliphatic heterocycles. The van der Waals surface area contributed by atoms with E-state index in [1.54, 1.807) is 12.4 Å². The summed E-state index contributed by atoms with van der Waals surface area (Å²) in [5.41, 5.74) is 6.85. The Balaban J connectivity index is 2.57. The highest BCUT2D eigenvalue weighted by Gasteiger charge is 2.21. The van der Waals surface area contributed by atoms with Crippen LogP contribution in [0.25, 0.3) is 0 Å². The van der Waals surface area contributed by atoms with E-state index in [0.717, 1.165) is 12.0 Å². The number of rotatable bonds is 5. The standard InChI is InChI=1S/C13H21N3O/c1-4-9(2)12(14)13(17)16-10(3)11-6-5-7-15-8-11/h5-10,12H,4,14H2,1-3H3,(H,16,17)/t9-,10?,12-/m0/s1. The van der Waals surface area contributed by atoms with Crippen LogP contribution in [-0.2, 0) is 4.79 Å². The summed E-state index contributed by atoms with van der Waals surface area (Å²) >= 11 is 0. The second-order valence-corrected chi connectivity index (χ2v) is 4.43. The van der Waals surface area contributed by atoms with Crippen LogP contribution in [-0.4, -0.2) is 16.9 Å². The van der Waals surface area contributed by atoms with Crippen molar-refractivity contribution in [3.05, 3.63) is 30.1 Å². The highest BCUT2D eigenvalue weighted by molar-refractivity contribution is 5.82. The molecule has 0 aliphatic rings. The van der Waals surface area contributed by atoms with E-state index in [4.69, 9.17) is 5.73 Å². The summed E-state index contributed by atoms with van der Waals surface area (Å²) in [5, 5.41) is 2.91. The smallest absolute Gasteiger partial charge is 0.237 e. The number of nitrogens with zero attached hydrogens (tertiary/aromatic N) is 1. The monoisotopic (exact) mass is 235 g/mol. The summed E-state index contributed by atoms with van der Waals surface area (Å²) in [7, 11) is 0. The van der Waals surface area contributed by atoms with Gasteiger partial charge in [-0.05, 0) is 24.5 Å². The van der Waals surface area contributed by atoms with Gasteiger partial charge >= 0.3 is 0 Å². The third-order valence-electron chi connectivity index (χ3n) is 3.10. The van der Waals surface area contributed by atoms with Gasteiger partial charge in [0.15, 0.2) is 0 Å². The average molecular weight is 235 g/mol. The largest absolute Gasteiger partial charge is 0.348 e. The molecule has 0 bridgehead atoms. The fourth-order valence-corrected chi connectivity index (χ4v) is 1.54. The molecule has 1 aromatic rings. The Morgan fingerprint density at radius 2 is 2.24 bits per heavy atom.